The second kappa shape index (κ2) is 6.63. The molecular formula is C14H12ClNO3S. The van der Waals surface area contributed by atoms with E-state index in [1.165, 1.54) is 6.07 Å². The van der Waals surface area contributed by atoms with Crippen LogP contribution in [0.1, 0.15) is 5.56 Å². The van der Waals surface area contributed by atoms with Gasteiger partial charge in [0.25, 0.3) is 5.69 Å². The van der Waals surface area contributed by atoms with E-state index in [1.54, 1.807) is 31.0 Å². The van der Waals surface area contributed by atoms with Crippen molar-refractivity contribution in [1.82, 2.24) is 0 Å². The second-order valence-electron chi connectivity index (χ2n) is 4.01. The number of methoxy groups -OCH3 is 1. The number of rotatable bonds is 5. The van der Waals surface area contributed by atoms with Crippen LogP contribution in [0.5, 0.6) is 5.75 Å². The second-order valence-corrected chi connectivity index (χ2v) is 5.47. The molecule has 0 atom stereocenters. The highest BCUT2D eigenvalue weighted by atomic mass is 35.5. The van der Waals surface area contributed by atoms with Crippen LogP contribution < -0.4 is 4.74 Å². The minimum Gasteiger partial charge on any atom is -0.497 e. The van der Waals surface area contributed by atoms with Crippen LogP contribution in [-0.4, -0.2) is 12.0 Å². The Morgan fingerprint density at radius 2 is 2.10 bits per heavy atom. The first-order valence-electron chi connectivity index (χ1n) is 5.80. The number of ether oxygens (including phenoxy) is 1. The quantitative estimate of drug-likeness (QED) is 0.462. The fourth-order valence-corrected chi connectivity index (χ4v) is 2.72. The van der Waals surface area contributed by atoms with Gasteiger partial charge < -0.3 is 4.74 Å². The third-order valence-corrected chi connectivity index (χ3v) is 4.04. The predicted molar refractivity (Wildman–Crippen MR) is 80.7 cm³/mol. The van der Waals surface area contributed by atoms with E-state index in [0.29, 0.717) is 5.75 Å². The highest BCUT2D eigenvalue weighted by molar-refractivity contribution is 7.98. The van der Waals surface area contributed by atoms with E-state index >= 15 is 0 Å². The van der Waals surface area contributed by atoms with Crippen molar-refractivity contribution in [1.29, 1.82) is 0 Å². The molecule has 2 rings (SSSR count). The Balaban J connectivity index is 2.10. The van der Waals surface area contributed by atoms with E-state index in [2.05, 4.69) is 0 Å². The third kappa shape index (κ3) is 3.65. The first-order valence-corrected chi connectivity index (χ1v) is 7.16. The number of nitrogens with zero attached hydrogens (tertiary/aromatic N) is 1. The van der Waals surface area contributed by atoms with Crippen molar-refractivity contribution < 1.29 is 9.66 Å². The molecule has 0 aliphatic heterocycles. The fourth-order valence-electron chi connectivity index (χ4n) is 1.65. The van der Waals surface area contributed by atoms with Crippen LogP contribution in [0.2, 0.25) is 5.02 Å². The summed E-state index contributed by atoms with van der Waals surface area (Å²) in [5, 5.41) is 11.0. The lowest BCUT2D eigenvalue weighted by atomic mass is 10.2. The smallest absolute Gasteiger partial charge is 0.288 e. The van der Waals surface area contributed by atoms with E-state index in [1.807, 2.05) is 24.3 Å². The van der Waals surface area contributed by atoms with Crippen LogP contribution in [0, 0.1) is 10.1 Å². The molecule has 20 heavy (non-hydrogen) atoms. The van der Waals surface area contributed by atoms with Crippen molar-refractivity contribution in [2.24, 2.45) is 0 Å². The van der Waals surface area contributed by atoms with Gasteiger partial charge in [0, 0.05) is 16.7 Å². The van der Waals surface area contributed by atoms with Gasteiger partial charge in [0.1, 0.15) is 10.8 Å². The zero-order valence-corrected chi connectivity index (χ0v) is 12.3. The van der Waals surface area contributed by atoms with E-state index in [4.69, 9.17) is 16.3 Å². The Morgan fingerprint density at radius 1 is 1.30 bits per heavy atom. The molecule has 0 bridgehead atoms. The molecule has 0 fully saturated rings. The summed E-state index contributed by atoms with van der Waals surface area (Å²) in [7, 11) is 1.62. The lowest BCUT2D eigenvalue weighted by Gasteiger charge is -2.05. The van der Waals surface area contributed by atoms with Gasteiger partial charge >= 0.3 is 0 Å². The summed E-state index contributed by atoms with van der Waals surface area (Å²) < 4.78 is 5.15. The summed E-state index contributed by atoms with van der Waals surface area (Å²) in [6, 6.07) is 12.5. The van der Waals surface area contributed by atoms with Crippen molar-refractivity contribution in [3.8, 4) is 5.75 Å². The summed E-state index contributed by atoms with van der Waals surface area (Å²) in [5.41, 5.74) is 0.796. The summed E-state index contributed by atoms with van der Waals surface area (Å²) >= 11 is 7.37. The molecule has 0 radical (unpaired) electrons. The topological polar surface area (TPSA) is 52.4 Å². The van der Waals surface area contributed by atoms with Crippen molar-refractivity contribution >= 4 is 29.1 Å². The van der Waals surface area contributed by atoms with Crippen LogP contribution in [0.25, 0.3) is 0 Å². The van der Waals surface area contributed by atoms with Gasteiger partial charge in [-0.25, -0.2) is 0 Å². The number of nitro benzene ring substituents is 1. The Morgan fingerprint density at radius 3 is 2.80 bits per heavy atom. The molecule has 4 nitrogen and oxygen atoms in total. The highest BCUT2D eigenvalue weighted by Crippen LogP contribution is 2.30. The van der Waals surface area contributed by atoms with Gasteiger partial charge in [-0.1, -0.05) is 23.7 Å². The lowest BCUT2D eigenvalue weighted by molar-refractivity contribution is -0.384. The van der Waals surface area contributed by atoms with E-state index in [0.717, 1.165) is 16.2 Å². The third-order valence-electron chi connectivity index (χ3n) is 2.65. The van der Waals surface area contributed by atoms with Crippen molar-refractivity contribution in [3.05, 3.63) is 63.2 Å². The summed E-state index contributed by atoms with van der Waals surface area (Å²) in [4.78, 5) is 11.4. The zero-order chi connectivity index (χ0) is 14.5. The zero-order valence-electron chi connectivity index (χ0n) is 10.7. The normalized spacial score (nSPS) is 10.3. The molecule has 2 aromatic carbocycles. The standard InChI is InChI=1S/C14H12ClNO3S/c1-19-11-3-2-4-12(8-11)20-9-10-5-6-13(15)14(7-10)16(17)18/h2-8H,9H2,1H3. The molecular weight excluding hydrogens is 298 g/mol. The number of nitro groups is 1. The molecule has 0 saturated carbocycles. The predicted octanol–water partition coefficient (Wildman–Crippen LogP) is 4.55. The number of halogens is 1. The summed E-state index contributed by atoms with van der Waals surface area (Å²) in [6.07, 6.45) is 0. The lowest BCUT2D eigenvalue weighted by Crippen LogP contribution is -1.91. The Kier molecular flexibility index (Phi) is 4.87. The number of hydrogen-bond acceptors (Lipinski definition) is 4. The molecule has 0 aliphatic carbocycles. The van der Waals surface area contributed by atoms with Gasteiger partial charge in [-0.2, -0.15) is 0 Å². The maximum atomic E-state index is 10.8. The molecule has 0 N–H and O–H groups in total. The van der Waals surface area contributed by atoms with Crippen LogP contribution in [0.4, 0.5) is 5.69 Å². The maximum Gasteiger partial charge on any atom is 0.288 e. The number of thioether (sulfide) groups is 1. The van der Waals surface area contributed by atoms with Gasteiger partial charge in [-0.05, 0) is 29.8 Å². The van der Waals surface area contributed by atoms with Crippen molar-refractivity contribution in [2.45, 2.75) is 10.6 Å². The van der Waals surface area contributed by atoms with Crippen LogP contribution >= 0.6 is 23.4 Å². The van der Waals surface area contributed by atoms with E-state index in [9.17, 15) is 10.1 Å². The van der Waals surface area contributed by atoms with Gasteiger partial charge in [-0.3, -0.25) is 10.1 Å². The molecule has 0 heterocycles. The van der Waals surface area contributed by atoms with E-state index in [-0.39, 0.29) is 10.7 Å². The summed E-state index contributed by atoms with van der Waals surface area (Å²) in [6.45, 7) is 0. The van der Waals surface area contributed by atoms with Crippen LogP contribution in [0.15, 0.2) is 47.4 Å². The Labute approximate surface area is 125 Å². The molecule has 0 saturated heterocycles. The molecule has 2 aromatic rings. The minimum absolute atomic E-state index is 0.0598. The summed E-state index contributed by atoms with van der Waals surface area (Å²) in [5.74, 6) is 1.42. The number of benzene rings is 2. The van der Waals surface area contributed by atoms with Crippen molar-refractivity contribution in [3.63, 3.8) is 0 Å². The minimum atomic E-state index is -0.470. The molecule has 0 aliphatic rings. The molecule has 0 amide bonds. The Bertz CT molecular complexity index is 634. The first kappa shape index (κ1) is 14.7. The van der Waals surface area contributed by atoms with E-state index < -0.39 is 4.92 Å². The molecule has 0 unspecified atom stereocenters. The average Bonchev–Trinajstić information content (AvgIpc) is 2.46. The number of hydrogen-bond donors (Lipinski definition) is 0. The van der Waals surface area contributed by atoms with Gasteiger partial charge in [0.15, 0.2) is 0 Å². The van der Waals surface area contributed by atoms with Crippen LogP contribution in [0.3, 0.4) is 0 Å². The molecule has 104 valence electrons. The monoisotopic (exact) mass is 309 g/mol. The SMILES string of the molecule is COc1cccc(SCc2ccc(Cl)c([N+](=O)[O-])c2)c1. The maximum absolute atomic E-state index is 10.8. The molecule has 0 spiro atoms. The van der Waals surface area contributed by atoms with Crippen molar-refractivity contribution in [2.75, 3.05) is 7.11 Å². The highest BCUT2D eigenvalue weighted by Gasteiger charge is 2.12. The first-order chi connectivity index (χ1) is 9.60. The Hall–Kier alpha value is -1.72. The van der Waals surface area contributed by atoms with Gasteiger partial charge in [-0.15, -0.1) is 11.8 Å². The van der Waals surface area contributed by atoms with Gasteiger partial charge in [0.05, 0.1) is 12.0 Å². The van der Waals surface area contributed by atoms with Gasteiger partial charge in [0.2, 0.25) is 0 Å². The van der Waals surface area contributed by atoms with Crippen LogP contribution in [-0.2, 0) is 5.75 Å². The fraction of sp³-hybridized carbons (Fsp3) is 0.143. The largest absolute Gasteiger partial charge is 0.497 e. The molecule has 6 heteroatoms. The molecule has 0 aromatic heterocycles. The average molecular weight is 310 g/mol.